The molecule has 5 heteroatoms. The fraction of sp³-hybridized carbons (Fsp3) is 0.667. The van der Waals surface area contributed by atoms with Crippen molar-refractivity contribution in [3.8, 4) is 0 Å². The summed E-state index contributed by atoms with van der Waals surface area (Å²) in [5.41, 5.74) is 0.992. The van der Waals surface area contributed by atoms with Gasteiger partial charge in [-0.15, -0.1) is 0 Å². The summed E-state index contributed by atoms with van der Waals surface area (Å²) in [6.45, 7) is 4.14. The molecule has 0 unspecified atom stereocenters. The van der Waals surface area contributed by atoms with Gasteiger partial charge in [0.2, 0.25) is 0 Å². The third kappa shape index (κ3) is 2.67. The third-order valence-corrected chi connectivity index (χ3v) is 3.20. The zero-order chi connectivity index (χ0) is 9.80. The van der Waals surface area contributed by atoms with E-state index in [2.05, 4.69) is 15.6 Å². The van der Waals surface area contributed by atoms with Crippen molar-refractivity contribution in [1.29, 1.82) is 0 Å². The van der Waals surface area contributed by atoms with Gasteiger partial charge in [-0.1, -0.05) is 11.3 Å². The normalized spacial score (nSPS) is 16.9. The van der Waals surface area contributed by atoms with E-state index in [1.165, 1.54) is 17.8 Å². The van der Waals surface area contributed by atoms with E-state index in [-0.39, 0.29) is 4.87 Å². The molecule has 2 rings (SSSR count). The van der Waals surface area contributed by atoms with Gasteiger partial charge in [-0.2, -0.15) is 0 Å². The number of aromatic amines is 1. The second kappa shape index (κ2) is 4.72. The molecule has 1 fully saturated rings. The molecule has 0 atom stereocenters. The van der Waals surface area contributed by atoms with Gasteiger partial charge in [-0.25, -0.2) is 0 Å². The molecule has 2 heterocycles. The number of rotatable bonds is 5. The Morgan fingerprint density at radius 1 is 1.57 bits per heavy atom. The maximum absolute atomic E-state index is 10.8. The smallest absolute Gasteiger partial charge is 0.304 e. The van der Waals surface area contributed by atoms with Crippen molar-refractivity contribution in [3.05, 3.63) is 20.7 Å². The molecule has 0 radical (unpaired) electrons. The van der Waals surface area contributed by atoms with E-state index in [1.54, 1.807) is 0 Å². The number of aromatic nitrogens is 1. The molecule has 14 heavy (non-hydrogen) atoms. The van der Waals surface area contributed by atoms with Crippen LogP contribution in [0.5, 0.6) is 0 Å². The van der Waals surface area contributed by atoms with Crippen LogP contribution >= 0.6 is 11.3 Å². The summed E-state index contributed by atoms with van der Waals surface area (Å²) < 4.78 is 0. The molecule has 0 aromatic carbocycles. The van der Waals surface area contributed by atoms with Crippen molar-refractivity contribution in [2.75, 3.05) is 19.6 Å². The first-order valence-electron chi connectivity index (χ1n) is 4.93. The SMILES string of the molecule is O=c1[nH]c(CNCCC2CNC2)cs1. The van der Waals surface area contributed by atoms with Crippen LogP contribution in [-0.4, -0.2) is 24.6 Å². The van der Waals surface area contributed by atoms with Crippen LogP contribution in [0.3, 0.4) is 0 Å². The topological polar surface area (TPSA) is 56.9 Å². The predicted molar refractivity (Wildman–Crippen MR) is 57.6 cm³/mol. The van der Waals surface area contributed by atoms with Crippen LogP contribution in [0.25, 0.3) is 0 Å². The minimum absolute atomic E-state index is 0.0324. The third-order valence-electron chi connectivity index (χ3n) is 2.48. The van der Waals surface area contributed by atoms with E-state index in [4.69, 9.17) is 0 Å². The van der Waals surface area contributed by atoms with Gasteiger partial charge in [-0.3, -0.25) is 4.79 Å². The van der Waals surface area contributed by atoms with E-state index >= 15 is 0 Å². The Balaban J connectivity index is 1.60. The molecule has 1 aliphatic heterocycles. The summed E-state index contributed by atoms with van der Waals surface area (Å²) in [5, 5.41) is 8.45. The molecule has 0 spiro atoms. The Hall–Kier alpha value is -0.650. The van der Waals surface area contributed by atoms with Crippen LogP contribution < -0.4 is 15.5 Å². The Kier molecular flexibility index (Phi) is 3.34. The van der Waals surface area contributed by atoms with E-state index in [9.17, 15) is 4.79 Å². The highest BCUT2D eigenvalue weighted by Gasteiger charge is 2.15. The van der Waals surface area contributed by atoms with Crippen LogP contribution in [0.2, 0.25) is 0 Å². The Bertz CT molecular complexity index is 329. The molecule has 78 valence electrons. The van der Waals surface area contributed by atoms with Gasteiger partial charge in [-0.05, 0) is 32.0 Å². The predicted octanol–water partition coefficient (Wildman–Crippen LogP) is 0.136. The van der Waals surface area contributed by atoms with Crippen LogP contribution in [0, 0.1) is 5.92 Å². The number of thiazole rings is 1. The van der Waals surface area contributed by atoms with Gasteiger partial charge in [0, 0.05) is 17.6 Å². The zero-order valence-electron chi connectivity index (χ0n) is 8.01. The Labute approximate surface area is 86.7 Å². The minimum atomic E-state index is 0.0324. The largest absolute Gasteiger partial charge is 0.316 e. The fourth-order valence-corrected chi connectivity index (χ4v) is 2.06. The highest BCUT2D eigenvalue weighted by Crippen LogP contribution is 2.06. The molecular formula is C9H15N3OS. The van der Waals surface area contributed by atoms with Crippen molar-refractivity contribution >= 4 is 11.3 Å². The van der Waals surface area contributed by atoms with E-state index in [0.29, 0.717) is 0 Å². The van der Waals surface area contributed by atoms with Gasteiger partial charge in [0.1, 0.15) is 0 Å². The minimum Gasteiger partial charge on any atom is -0.316 e. The molecule has 0 aliphatic carbocycles. The summed E-state index contributed by atoms with van der Waals surface area (Å²) in [4.78, 5) is 13.6. The highest BCUT2D eigenvalue weighted by molar-refractivity contribution is 7.07. The number of hydrogen-bond acceptors (Lipinski definition) is 4. The van der Waals surface area contributed by atoms with E-state index < -0.39 is 0 Å². The molecule has 1 aromatic heterocycles. The molecule has 3 N–H and O–H groups in total. The van der Waals surface area contributed by atoms with Gasteiger partial charge in [0.15, 0.2) is 0 Å². The highest BCUT2D eigenvalue weighted by atomic mass is 32.1. The average Bonchev–Trinajstić information content (AvgIpc) is 2.48. The Morgan fingerprint density at radius 3 is 3.00 bits per heavy atom. The maximum atomic E-state index is 10.8. The first kappa shape index (κ1) is 9.89. The zero-order valence-corrected chi connectivity index (χ0v) is 8.82. The maximum Gasteiger partial charge on any atom is 0.304 e. The molecule has 0 bridgehead atoms. The van der Waals surface area contributed by atoms with Gasteiger partial charge >= 0.3 is 4.87 Å². The van der Waals surface area contributed by atoms with E-state index in [1.807, 2.05) is 5.38 Å². The monoisotopic (exact) mass is 213 g/mol. The summed E-state index contributed by atoms with van der Waals surface area (Å²) in [6, 6.07) is 0. The lowest BCUT2D eigenvalue weighted by Crippen LogP contribution is -2.43. The van der Waals surface area contributed by atoms with Crippen LogP contribution in [0.15, 0.2) is 10.2 Å². The van der Waals surface area contributed by atoms with Crippen LogP contribution in [0.1, 0.15) is 12.1 Å². The van der Waals surface area contributed by atoms with E-state index in [0.717, 1.165) is 37.8 Å². The molecule has 1 aromatic rings. The summed E-state index contributed by atoms with van der Waals surface area (Å²) in [5.74, 6) is 0.851. The molecule has 0 saturated carbocycles. The molecular weight excluding hydrogens is 198 g/mol. The lowest BCUT2D eigenvalue weighted by Gasteiger charge is -2.26. The lowest BCUT2D eigenvalue weighted by molar-refractivity contribution is 0.322. The van der Waals surface area contributed by atoms with Crippen LogP contribution in [-0.2, 0) is 6.54 Å². The molecule has 1 aliphatic rings. The fourth-order valence-electron chi connectivity index (χ4n) is 1.48. The summed E-state index contributed by atoms with van der Waals surface area (Å²) in [6.07, 6.45) is 1.22. The van der Waals surface area contributed by atoms with Crippen molar-refractivity contribution in [2.45, 2.75) is 13.0 Å². The van der Waals surface area contributed by atoms with Crippen molar-refractivity contribution in [2.24, 2.45) is 5.92 Å². The lowest BCUT2D eigenvalue weighted by atomic mass is 10.00. The van der Waals surface area contributed by atoms with Crippen molar-refractivity contribution in [1.82, 2.24) is 15.6 Å². The standard InChI is InChI=1S/C9H15N3OS/c13-9-12-8(6-14-9)5-10-2-1-7-3-11-4-7/h6-7,10-11H,1-5H2,(H,12,13). The molecule has 4 nitrogen and oxygen atoms in total. The summed E-state index contributed by atoms with van der Waals surface area (Å²) in [7, 11) is 0. The second-order valence-corrected chi connectivity index (χ2v) is 4.51. The number of hydrogen-bond donors (Lipinski definition) is 3. The van der Waals surface area contributed by atoms with Gasteiger partial charge in [0.25, 0.3) is 0 Å². The second-order valence-electron chi connectivity index (χ2n) is 3.66. The quantitative estimate of drug-likeness (QED) is 0.610. The number of nitrogens with one attached hydrogen (secondary N) is 3. The van der Waals surface area contributed by atoms with Gasteiger partial charge in [0.05, 0.1) is 0 Å². The average molecular weight is 213 g/mol. The first-order valence-corrected chi connectivity index (χ1v) is 5.80. The van der Waals surface area contributed by atoms with Crippen LogP contribution in [0.4, 0.5) is 0 Å². The Morgan fingerprint density at radius 2 is 2.43 bits per heavy atom. The van der Waals surface area contributed by atoms with Crippen molar-refractivity contribution in [3.63, 3.8) is 0 Å². The van der Waals surface area contributed by atoms with Crippen molar-refractivity contribution < 1.29 is 0 Å². The number of H-pyrrole nitrogens is 1. The molecule has 1 saturated heterocycles. The summed E-state index contributed by atoms with van der Waals surface area (Å²) >= 11 is 1.22. The van der Waals surface area contributed by atoms with Gasteiger partial charge < -0.3 is 15.6 Å². The first-order chi connectivity index (χ1) is 6.84. The molecule has 0 amide bonds.